The van der Waals surface area contributed by atoms with Crippen LogP contribution in [0.5, 0.6) is 0 Å². The van der Waals surface area contributed by atoms with Crippen LogP contribution in [-0.4, -0.2) is 29.1 Å². The van der Waals surface area contributed by atoms with E-state index in [-0.39, 0.29) is 5.82 Å². The maximum Gasteiger partial charge on any atom is 0.310 e. The van der Waals surface area contributed by atoms with Gasteiger partial charge in [-0.1, -0.05) is 15.9 Å². The lowest BCUT2D eigenvalue weighted by Gasteiger charge is -2.20. The Morgan fingerprint density at radius 1 is 1.61 bits per heavy atom. The van der Waals surface area contributed by atoms with Gasteiger partial charge in [-0.2, -0.15) is 0 Å². The van der Waals surface area contributed by atoms with Crippen LogP contribution in [0, 0.1) is 11.2 Å². The van der Waals surface area contributed by atoms with Crippen LogP contribution in [0.1, 0.15) is 18.9 Å². The van der Waals surface area contributed by atoms with E-state index >= 15 is 0 Å². The van der Waals surface area contributed by atoms with E-state index in [0.29, 0.717) is 31.6 Å². The molecule has 0 aliphatic carbocycles. The lowest BCUT2D eigenvalue weighted by molar-refractivity contribution is -0.147. The molecule has 1 heterocycles. The lowest BCUT2D eigenvalue weighted by atomic mass is 9.90. The van der Waals surface area contributed by atoms with E-state index in [9.17, 15) is 9.18 Å². The van der Waals surface area contributed by atoms with E-state index in [1.807, 2.05) is 4.90 Å². The number of benzene rings is 1. The largest absolute Gasteiger partial charge is 0.481 e. The summed E-state index contributed by atoms with van der Waals surface area (Å²) in [6.45, 7) is 3.35. The molecule has 1 fully saturated rings. The number of hydrogen-bond donors (Lipinski definition) is 1. The molecule has 98 valence electrons. The Labute approximate surface area is 114 Å². The molecule has 1 aromatic rings. The standard InChI is InChI=1S/C13H15BrFNO2/c1-13(12(17)18)4-5-16(8-13)7-9-6-10(14)2-3-11(9)15/h2-3,6H,4-5,7-8H2,1H3,(H,17,18). The van der Waals surface area contributed by atoms with Crippen LogP contribution in [0.4, 0.5) is 4.39 Å². The summed E-state index contributed by atoms with van der Waals surface area (Å²) in [5.41, 5.74) is -0.110. The fourth-order valence-electron chi connectivity index (χ4n) is 2.27. The number of carbonyl (C=O) groups is 1. The molecule has 0 aromatic heterocycles. The molecule has 1 atom stereocenters. The summed E-state index contributed by atoms with van der Waals surface area (Å²) in [5, 5.41) is 9.15. The van der Waals surface area contributed by atoms with Gasteiger partial charge in [0.25, 0.3) is 0 Å². The number of rotatable bonds is 3. The van der Waals surface area contributed by atoms with Crippen molar-refractivity contribution < 1.29 is 14.3 Å². The van der Waals surface area contributed by atoms with E-state index in [4.69, 9.17) is 5.11 Å². The average molecular weight is 316 g/mol. The minimum atomic E-state index is -0.778. The highest BCUT2D eigenvalue weighted by Gasteiger charge is 2.40. The average Bonchev–Trinajstić information content (AvgIpc) is 2.67. The van der Waals surface area contributed by atoms with E-state index in [1.165, 1.54) is 6.07 Å². The Balaban J connectivity index is 2.08. The van der Waals surface area contributed by atoms with Gasteiger partial charge in [0.05, 0.1) is 5.41 Å². The SMILES string of the molecule is CC1(C(=O)O)CCN(Cc2cc(Br)ccc2F)C1. The number of hydrogen-bond acceptors (Lipinski definition) is 2. The van der Waals surface area contributed by atoms with Gasteiger partial charge in [0.2, 0.25) is 0 Å². The quantitative estimate of drug-likeness (QED) is 0.932. The molecule has 3 nitrogen and oxygen atoms in total. The van der Waals surface area contributed by atoms with Crippen LogP contribution in [-0.2, 0) is 11.3 Å². The van der Waals surface area contributed by atoms with Gasteiger partial charge in [-0.3, -0.25) is 9.69 Å². The molecule has 1 saturated heterocycles. The molecule has 1 aliphatic heterocycles. The highest BCUT2D eigenvalue weighted by Crippen LogP contribution is 2.31. The van der Waals surface area contributed by atoms with Gasteiger partial charge in [0, 0.05) is 23.1 Å². The van der Waals surface area contributed by atoms with Crippen molar-refractivity contribution in [2.24, 2.45) is 5.41 Å². The van der Waals surface area contributed by atoms with Crippen LogP contribution < -0.4 is 0 Å². The van der Waals surface area contributed by atoms with Gasteiger partial charge in [0.15, 0.2) is 0 Å². The number of carboxylic acid groups (broad SMARTS) is 1. The fourth-order valence-corrected chi connectivity index (χ4v) is 2.68. The number of halogens is 2. The molecule has 0 bridgehead atoms. The molecule has 1 N–H and O–H groups in total. The maximum atomic E-state index is 13.6. The van der Waals surface area contributed by atoms with E-state index in [0.717, 1.165) is 4.47 Å². The molecular weight excluding hydrogens is 301 g/mol. The van der Waals surface area contributed by atoms with Crippen LogP contribution in [0.15, 0.2) is 22.7 Å². The van der Waals surface area contributed by atoms with Crippen molar-refractivity contribution in [3.8, 4) is 0 Å². The van der Waals surface area contributed by atoms with Crippen molar-refractivity contribution in [2.45, 2.75) is 19.9 Å². The monoisotopic (exact) mass is 315 g/mol. The van der Waals surface area contributed by atoms with Gasteiger partial charge in [-0.05, 0) is 38.1 Å². The summed E-state index contributed by atoms with van der Waals surface area (Å²) in [6.07, 6.45) is 0.609. The Kier molecular flexibility index (Phi) is 3.73. The van der Waals surface area contributed by atoms with Crippen LogP contribution in [0.3, 0.4) is 0 Å². The zero-order valence-electron chi connectivity index (χ0n) is 10.1. The predicted molar refractivity (Wildman–Crippen MR) is 69.7 cm³/mol. The summed E-state index contributed by atoms with van der Waals surface area (Å²) in [7, 11) is 0. The summed E-state index contributed by atoms with van der Waals surface area (Å²) in [5.74, 6) is -1.03. The molecule has 18 heavy (non-hydrogen) atoms. The lowest BCUT2D eigenvalue weighted by Crippen LogP contribution is -2.31. The number of carboxylic acids is 1. The molecule has 1 aromatic carbocycles. The fraction of sp³-hybridized carbons (Fsp3) is 0.462. The minimum Gasteiger partial charge on any atom is -0.481 e. The van der Waals surface area contributed by atoms with E-state index in [1.54, 1.807) is 19.1 Å². The molecular formula is C13H15BrFNO2. The van der Waals surface area contributed by atoms with Gasteiger partial charge in [-0.25, -0.2) is 4.39 Å². The predicted octanol–water partition coefficient (Wildman–Crippen LogP) is 2.88. The first-order valence-corrected chi connectivity index (χ1v) is 6.60. The Hall–Kier alpha value is -0.940. The molecule has 5 heteroatoms. The first-order chi connectivity index (χ1) is 8.40. The normalized spacial score (nSPS) is 24.4. The minimum absolute atomic E-state index is 0.248. The van der Waals surface area contributed by atoms with Crippen molar-refractivity contribution in [1.82, 2.24) is 4.90 Å². The van der Waals surface area contributed by atoms with Gasteiger partial charge >= 0.3 is 5.97 Å². The molecule has 0 amide bonds. The summed E-state index contributed by atoms with van der Waals surface area (Å²) in [4.78, 5) is 13.1. The third-order valence-electron chi connectivity index (χ3n) is 3.47. The molecule has 0 radical (unpaired) electrons. The smallest absolute Gasteiger partial charge is 0.310 e. The van der Waals surface area contributed by atoms with Gasteiger partial charge < -0.3 is 5.11 Å². The van der Waals surface area contributed by atoms with Crippen molar-refractivity contribution in [3.63, 3.8) is 0 Å². The zero-order chi connectivity index (χ0) is 13.3. The topological polar surface area (TPSA) is 40.5 Å². The second-order valence-electron chi connectivity index (χ2n) is 5.06. The summed E-state index contributed by atoms with van der Waals surface area (Å²) >= 11 is 3.31. The molecule has 0 saturated carbocycles. The highest BCUT2D eigenvalue weighted by molar-refractivity contribution is 9.10. The number of aliphatic carboxylic acids is 1. The molecule has 2 rings (SSSR count). The van der Waals surface area contributed by atoms with Crippen LogP contribution in [0.25, 0.3) is 0 Å². The van der Waals surface area contributed by atoms with E-state index < -0.39 is 11.4 Å². The first-order valence-electron chi connectivity index (χ1n) is 5.80. The van der Waals surface area contributed by atoms with Crippen LogP contribution >= 0.6 is 15.9 Å². The third-order valence-corrected chi connectivity index (χ3v) is 3.96. The van der Waals surface area contributed by atoms with Crippen LogP contribution in [0.2, 0.25) is 0 Å². The second kappa shape index (κ2) is 4.97. The Bertz CT molecular complexity index is 480. The second-order valence-corrected chi connectivity index (χ2v) is 5.98. The van der Waals surface area contributed by atoms with Crippen molar-refractivity contribution in [1.29, 1.82) is 0 Å². The number of likely N-dealkylation sites (tertiary alicyclic amines) is 1. The zero-order valence-corrected chi connectivity index (χ0v) is 11.7. The third kappa shape index (κ3) is 2.72. The summed E-state index contributed by atoms with van der Waals surface area (Å²) in [6, 6.07) is 4.82. The highest BCUT2D eigenvalue weighted by atomic mass is 79.9. The molecule has 1 aliphatic rings. The number of nitrogens with zero attached hydrogens (tertiary/aromatic N) is 1. The molecule has 1 unspecified atom stereocenters. The van der Waals surface area contributed by atoms with Crippen molar-refractivity contribution in [2.75, 3.05) is 13.1 Å². The Morgan fingerprint density at radius 3 is 2.94 bits per heavy atom. The first kappa shape index (κ1) is 13.5. The van der Waals surface area contributed by atoms with Gasteiger partial charge in [-0.15, -0.1) is 0 Å². The van der Waals surface area contributed by atoms with E-state index in [2.05, 4.69) is 15.9 Å². The van der Waals surface area contributed by atoms with Crippen molar-refractivity contribution >= 4 is 21.9 Å². The van der Waals surface area contributed by atoms with Crippen molar-refractivity contribution in [3.05, 3.63) is 34.1 Å². The maximum absolute atomic E-state index is 13.6. The summed E-state index contributed by atoms with van der Waals surface area (Å²) < 4.78 is 14.4. The van der Waals surface area contributed by atoms with Gasteiger partial charge in [0.1, 0.15) is 5.82 Å². The molecule has 0 spiro atoms. The Morgan fingerprint density at radius 2 is 2.33 bits per heavy atom.